The standard InChI is InChI=1S/C12H16F4.C5H10.C4H10.2C2H6/c1-7(2)5-6-10(14)12(16)8(3)11(15)9(4)13;1-4-5(2)3;1-3-4-2;2*1-2/h7H,4-6H2,1-3H3;2,4H2,1,3H3;3-4H2,1-2H3;2*1-2H3/b11-8+,12-10-;;;;. The van der Waals surface area contributed by atoms with Crippen LogP contribution in [-0.4, -0.2) is 0 Å². The van der Waals surface area contributed by atoms with Gasteiger partial charge in [-0.15, -0.1) is 6.58 Å². The highest BCUT2D eigenvalue weighted by Crippen LogP contribution is 2.27. The molecule has 0 N–H and O–H groups in total. The first-order chi connectivity index (χ1) is 13.5. The number of hydrogen-bond acceptors (Lipinski definition) is 0. The van der Waals surface area contributed by atoms with E-state index in [4.69, 9.17) is 0 Å². The van der Waals surface area contributed by atoms with Crippen LogP contribution in [0.2, 0.25) is 0 Å². The van der Waals surface area contributed by atoms with Crippen LogP contribution in [-0.2, 0) is 0 Å². The Morgan fingerprint density at radius 2 is 1.10 bits per heavy atom. The van der Waals surface area contributed by atoms with E-state index in [1.54, 1.807) is 0 Å². The Kier molecular flexibility index (Phi) is 38.2. The first-order valence-corrected chi connectivity index (χ1v) is 10.9. The van der Waals surface area contributed by atoms with E-state index in [9.17, 15) is 17.6 Å². The first kappa shape index (κ1) is 38.3. The van der Waals surface area contributed by atoms with Crippen molar-refractivity contribution < 1.29 is 17.6 Å². The van der Waals surface area contributed by atoms with Gasteiger partial charge in [0.05, 0.1) is 0 Å². The molecule has 0 aromatic carbocycles. The molecule has 0 bridgehead atoms. The summed E-state index contributed by atoms with van der Waals surface area (Å²) in [7, 11) is 0. The van der Waals surface area contributed by atoms with Crippen molar-refractivity contribution in [2.45, 2.75) is 108 Å². The smallest absolute Gasteiger partial charge is 0.164 e. The third-order valence-electron chi connectivity index (χ3n) is 3.18. The Labute approximate surface area is 179 Å². The number of rotatable bonds is 7. The van der Waals surface area contributed by atoms with Crippen LogP contribution >= 0.6 is 0 Å². The molecule has 0 saturated carbocycles. The molecular weight excluding hydrogens is 376 g/mol. The molecule has 29 heavy (non-hydrogen) atoms. The molecule has 0 saturated heterocycles. The average molecular weight is 425 g/mol. The lowest BCUT2D eigenvalue weighted by Gasteiger charge is -2.05. The minimum atomic E-state index is -1.45. The molecule has 0 rings (SSSR count). The Hall–Kier alpha value is -1.32. The molecule has 176 valence electrons. The summed E-state index contributed by atoms with van der Waals surface area (Å²) in [6, 6.07) is 0. The van der Waals surface area contributed by atoms with Gasteiger partial charge in [0.15, 0.2) is 17.5 Å². The van der Waals surface area contributed by atoms with Crippen LogP contribution in [0.15, 0.2) is 47.6 Å². The minimum Gasteiger partial charge on any atom is -0.209 e. The van der Waals surface area contributed by atoms with Crippen molar-refractivity contribution in [1.29, 1.82) is 0 Å². The molecule has 0 aromatic heterocycles. The van der Waals surface area contributed by atoms with Gasteiger partial charge in [-0.2, -0.15) is 0 Å². The topological polar surface area (TPSA) is 0 Å². The predicted octanol–water partition coefficient (Wildman–Crippen LogP) is 11.1. The molecule has 0 unspecified atom stereocenters. The largest absolute Gasteiger partial charge is 0.209 e. The lowest BCUT2D eigenvalue weighted by molar-refractivity contribution is 0.469. The van der Waals surface area contributed by atoms with E-state index < -0.39 is 28.9 Å². The lowest BCUT2D eigenvalue weighted by atomic mass is 10.1. The highest BCUT2D eigenvalue weighted by Gasteiger charge is 2.15. The molecule has 0 heterocycles. The van der Waals surface area contributed by atoms with Crippen LogP contribution in [0, 0.1) is 5.92 Å². The van der Waals surface area contributed by atoms with Crippen LogP contribution in [0.25, 0.3) is 0 Å². The first-order valence-electron chi connectivity index (χ1n) is 10.9. The Morgan fingerprint density at radius 3 is 1.31 bits per heavy atom. The van der Waals surface area contributed by atoms with Crippen molar-refractivity contribution in [2.24, 2.45) is 5.92 Å². The fourth-order valence-corrected chi connectivity index (χ4v) is 1.03. The van der Waals surface area contributed by atoms with E-state index in [2.05, 4.69) is 33.9 Å². The van der Waals surface area contributed by atoms with Crippen molar-refractivity contribution in [2.75, 3.05) is 0 Å². The van der Waals surface area contributed by atoms with Gasteiger partial charge in [0.2, 0.25) is 0 Å². The van der Waals surface area contributed by atoms with Gasteiger partial charge in [-0.25, -0.2) is 17.6 Å². The molecule has 0 fully saturated rings. The molecule has 0 nitrogen and oxygen atoms in total. The van der Waals surface area contributed by atoms with Crippen molar-refractivity contribution in [3.63, 3.8) is 0 Å². The molecule has 0 aliphatic heterocycles. The minimum absolute atomic E-state index is 0.118. The Balaban J connectivity index is -0.000000121. The maximum Gasteiger partial charge on any atom is 0.164 e. The summed E-state index contributed by atoms with van der Waals surface area (Å²) >= 11 is 0. The zero-order valence-electron chi connectivity index (χ0n) is 21.0. The summed E-state index contributed by atoms with van der Waals surface area (Å²) in [5.41, 5.74) is 0.568. The van der Waals surface area contributed by atoms with Crippen molar-refractivity contribution >= 4 is 0 Å². The van der Waals surface area contributed by atoms with Gasteiger partial charge >= 0.3 is 0 Å². The quantitative estimate of drug-likeness (QED) is 0.216. The number of hydrogen-bond donors (Lipinski definition) is 0. The molecule has 0 amide bonds. The van der Waals surface area contributed by atoms with Gasteiger partial charge in [0.1, 0.15) is 5.83 Å². The molecule has 4 heteroatoms. The highest BCUT2D eigenvalue weighted by atomic mass is 19.2. The normalized spacial score (nSPS) is 10.9. The summed E-state index contributed by atoms with van der Waals surface area (Å²) in [6.07, 6.45) is 4.08. The molecule has 0 aliphatic rings. The van der Waals surface area contributed by atoms with E-state index in [0.29, 0.717) is 6.42 Å². The highest BCUT2D eigenvalue weighted by molar-refractivity contribution is 5.34. The van der Waals surface area contributed by atoms with Crippen LogP contribution in [0.3, 0.4) is 0 Å². The summed E-state index contributed by atoms with van der Waals surface area (Å²) in [5, 5.41) is 0. The van der Waals surface area contributed by atoms with E-state index in [0.717, 1.165) is 13.3 Å². The molecule has 0 aromatic rings. The number of halogens is 4. The summed E-state index contributed by atoms with van der Waals surface area (Å²) in [4.78, 5) is 0. The molecule has 0 atom stereocenters. The van der Waals surface area contributed by atoms with Gasteiger partial charge in [-0.3, -0.25) is 0 Å². The van der Waals surface area contributed by atoms with Gasteiger partial charge in [0.25, 0.3) is 0 Å². The molecule has 0 radical (unpaired) electrons. The second kappa shape index (κ2) is 28.9. The van der Waals surface area contributed by atoms with Gasteiger partial charge in [-0.05, 0) is 32.6 Å². The maximum atomic E-state index is 13.3. The van der Waals surface area contributed by atoms with Gasteiger partial charge < -0.3 is 0 Å². The van der Waals surface area contributed by atoms with Crippen LogP contribution in [0.4, 0.5) is 17.6 Å². The van der Waals surface area contributed by atoms with E-state index in [1.807, 2.05) is 48.5 Å². The molecule has 0 spiro atoms. The van der Waals surface area contributed by atoms with Crippen molar-refractivity contribution in [3.8, 4) is 0 Å². The lowest BCUT2D eigenvalue weighted by Crippen LogP contribution is -1.92. The zero-order chi connectivity index (χ0) is 24.6. The zero-order valence-corrected chi connectivity index (χ0v) is 21.0. The fraction of sp³-hybridized carbons (Fsp3) is 0.680. The number of unbranched alkanes of at least 4 members (excludes halogenated alkanes) is 1. The third kappa shape index (κ3) is 31.6. The van der Waals surface area contributed by atoms with Crippen LogP contribution in [0.5, 0.6) is 0 Å². The number of allylic oxidation sites excluding steroid dienone is 6. The van der Waals surface area contributed by atoms with Crippen molar-refractivity contribution in [1.82, 2.24) is 0 Å². The summed E-state index contributed by atoms with van der Waals surface area (Å²) < 4.78 is 51.7. The van der Waals surface area contributed by atoms with Gasteiger partial charge in [-0.1, -0.05) is 87.3 Å². The monoisotopic (exact) mass is 424 g/mol. The van der Waals surface area contributed by atoms with Gasteiger partial charge in [0, 0.05) is 12.0 Å². The average Bonchev–Trinajstić information content (AvgIpc) is 2.73. The van der Waals surface area contributed by atoms with E-state index >= 15 is 0 Å². The maximum absolute atomic E-state index is 13.3. The summed E-state index contributed by atoms with van der Waals surface area (Å²) in [6.45, 7) is 27.5. The molecular formula is C25H48F4. The Bertz CT molecular complexity index is 442. The fourth-order valence-electron chi connectivity index (χ4n) is 1.03. The van der Waals surface area contributed by atoms with E-state index in [-0.39, 0.29) is 12.3 Å². The predicted molar refractivity (Wildman–Crippen MR) is 126 cm³/mol. The third-order valence-corrected chi connectivity index (χ3v) is 3.18. The van der Waals surface area contributed by atoms with Crippen LogP contribution < -0.4 is 0 Å². The SMILES string of the molecule is C=C(C)CC.C=C(F)/C(F)=C(C)\C(F)=C(\F)CCC(C)C.CC.CC.CCCC. The second-order valence-electron chi connectivity index (χ2n) is 6.31. The van der Waals surface area contributed by atoms with Crippen molar-refractivity contribution in [3.05, 3.63) is 47.6 Å². The Morgan fingerprint density at radius 1 is 0.759 bits per heavy atom. The molecule has 0 aliphatic carbocycles. The van der Waals surface area contributed by atoms with E-state index in [1.165, 1.54) is 18.4 Å². The van der Waals surface area contributed by atoms with Crippen LogP contribution in [0.1, 0.15) is 108 Å². The second-order valence-corrected chi connectivity index (χ2v) is 6.31. The summed E-state index contributed by atoms with van der Waals surface area (Å²) in [5.74, 6) is -5.02.